The summed E-state index contributed by atoms with van der Waals surface area (Å²) in [6, 6.07) is 20.1. The number of benzene rings is 3. The van der Waals surface area contributed by atoms with E-state index >= 15 is 0 Å². The van der Waals surface area contributed by atoms with Gasteiger partial charge in [0, 0.05) is 0 Å². The molecule has 0 heteroatoms. The lowest BCUT2D eigenvalue weighted by Gasteiger charge is -2.15. The van der Waals surface area contributed by atoms with Crippen molar-refractivity contribution in [3.05, 3.63) is 60.2 Å². The monoisotopic (exact) mass is 262 g/mol. The van der Waals surface area contributed by atoms with E-state index in [0.29, 0.717) is 5.92 Å². The molecule has 3 aromatic carbocycles. The van der Waals surface area contributed by atoms with Crippen molar-refractivity contribution >= 4 is 21.5 Å². The third kappa shape index (κ3) is 2.56. The number of hydrogen-bond acceptors (Lipinski definition) is 0. The summed E-state index contributed by atoms with van der Waals surface area (Å²) in [7, 11) is 0. The Morgan fingerprint density at radius 2 is 1.30 bits per heavy atom. The molecule has 102 valence electrons. The first kappa shape index (κ1) is 13.2. The van der Waals surface area contributed by atoms with Crippen LogP contribution in [-0.2, 0) is 0 Å². The first-order chi connectivity index (χ1) is 9.63. The van der Waals surface area contributed by atoms with Crippen LogP contribution in [0, 0.1) is 5.92 Å². The maximum absolute atomic E-state index is 2.37. The fourth-order valence-corrected chi connectivity index (χ4v) is 3.11. The number of fused-ring (bicyclic) bond motifs is 2. The van der Waals surface area contributed by atoms with Gasteiger partial charge in [0.15, 0.2) is 0 Å². The first-order valence-corrected chi connectivity index (χ1v) is 7.56. The van der Waals surface area contributed by atoms with Gasteiger partial charge in [0.25, 0.3) is 0 Å². The Morgan fingerprint density at radius 3 is 1.95 bits per heavy atom. The lowest BCUT2D eigenvalue weighted by molar-refractivity contribution is 0.524. The topological polar surface area (TPSA) is 0 Å². The average Bonchev–Trinajstić information content (AvgIpc) is 2.43. The molecule has 0 amide bonds. The molecule has 0 spiro atoms. The highest BCUT2D eigenvalue weighted by Crippen LogP contribution is 2.28. The maximum Gasteiger partial charge on any atom is -0.0175 e. The normalized spacial score (nSPS) is 13.2. The molecule has 0 aliphatic carbocycles. The molecule has 0 fully saturated rings. The van der Waals surface area contributed by atoms with E-state index in [4.69, 9.17) is 0 Å². The first-order valence-electron chi connectivity index (χ1n) is 7.56. The molecule has 0 saturated carbocycles. The second-order valence-corrected chi connectivity index (χ2v) is 6.34. The van der Waals surface area contributed by atoms with Gasteiger partial charge in [0.2, 0.25) is 0 Å². The molecule has 1 atom stereocenters. The van der Waals surface area contributed by atoms with E-state index in [-0.39, 0.29) is 0 Å². The van der Waals surface area contributed by atoms with Crippen LogP contribution in [0.5, 0.6) is 0 Å². The van der Waals surface area contributed by atoms with Gasteiger partial charge >= 0.3 is 0 Å². The summed E-state index contributed by atoms with van der Waals surface area (Å²) in [5.41, 5.74) is 1.46. The minimum absolute atomic E-state index is 0.630. The summed E-state index contributed by atoms with van der Waals surface area (Å²) in [6.07, 6.45) is 1.25. The molecule has 0 radical (unpaired) electrons. The van der Waals surface area contributed by atoms with Crippen LogP contribution in [0.15, 0.2) is 54.6 Å². The predicted octanol–water partition coefficient (Wildman–Crippen LogP) is 6.14. The Hall–Kier alpha value is -1.82. The fraction of sp³-hybridized carbons (Fsp3) is 0.300. The van der Waals surface area contributed by atoms with Crippen LogP contribution in [0.2, 0.25) is 0 Å². The summed E-state index contributed by atoms with van der Waals surface area (Å²) >= 11 is 0. The van der Waals surface area contributed by atoms with Crippen LogP contribution in [0.25, 0.3) is 21.5 Å². The zero-order valence-electron chi connectivity index (χ0n) is 12.6. The summed E-state index contributed by atoms with van der Waals surface area (Å²) in [4.78, 5) is 0. The Balaban J connectivity index is 2.08. The largest absolute Gasteiger partial charge is 0.0628 e. The maximum atomic E-state index is 2.37. The second kappa shape index (κ2) is 5.28. The smallest absolute Gasteiger partial charge is 0.0175 e. The minimum atomic E-state index is 0.630. The van der Waals surface area contributed by atoms with Crippen molar-refractivity contribution in [2.75, 3.05) is 0 Å². The van der Waals surface area contributed by atoms with Crippen molar-refractivity contribution in [1.82, 2.24) is 0 Å². The molecular weight excluding hydrogens is 240 g/mol. The van der Waals surface area contributed by atoms with E-state index in [0.717, 1.165) is 5.92 Å². The van der Waals surface area contributed by atoms with Crippen molar-refractivity contribution in [1.29, 1.82) is 0 Å². The highest BCUT2D eigenvalue weighted by molar-refractivity contribution is 5.98. The Kier molecular flexibility index (Phi) is 3.48. The lowest BCUT2D eigenvalue weighted by Crippen LogP contribution is -1.98. The van der Waals surface area contributed by atoms with Crippen LogP contribution >= 0.6 is 0 Å². The molecular formula is C20H22. The van der Waals surface area contributed by atoms with E-state index in [1.54, 1.807) is 0 Å². The minimum Gasteiger partial charge on any atom is -0.0628 e. The van der Waals surface area contributed by atoms with Gasteiger partial charge in [-0.3, -0.25) is 0 Å². The molecule has 0 bridgehead atoms. The zero-order valence-corrected chi connectivity index (χ0v) is 12.6. The summed E-state index contributed by atoms with van der Waals surface area (Å²) in [6.45, 7) is 6.93. The SMILES string of the molecule is CC(C)CC(C)c1ccc2cc3ccccc3cc2c1. The molecule has 3 aromatic rings. The van der Waals surface area contributed by atoms with E-state index < -0.39 is 0 Å². The van der Waals surface area contributed by atoms with Crippen molar-refractivity contribution in [2.45, 2.75) is 33.1 Å². The summed E-state index contributed by atoms with van der Waals surface area (Å²) in [5, 5.41) is 5.35. The quantitative estimate of drug-likeness (QED) is 0.497. The van der Waals surface area contributed by atoms with E-state index in [2.05, 4.69) is 75.4 Å². The molecule has 0 aliphatic rings. The van der Waals surface area contributed by atoms with Gasteiger partial charge in [-0.1, -0.05) is 63.2 Å². The van der Waals surface area contributed by atoms with Crippen molar-refractivity contribution in [2.24, 2.45) is 5.92 Å². The molecule has 0 nitrogen and oxygen atoms in total. The van der Waals surface area contributed by atoms with Gasteiger partial charge in [-0.2, -0.15) is 0 Å². The molecule has 0 aromatic heterocycles. The van der Waals surface area contributed by atoms with Crippen LogP contribution < -0.4 is 0 Å². The third-order valence-corrected chi connectivity index (χ3v) is 4.12. The van der Waals surface area contributed by atoms with Crippen molar-refractivity contribution in [3.63, 3.8) is 0 Å². The van der Waals surface area contributed by atoms with Gasteiger partial charge in [-0.25, -0.2) is 0 Å². The van der Waals surface area contributed by atoms with Crippen LogP contribution in [0.4, 0.5) is 0 Å². The van der Waals surface area contributed by atoms with Crippen molar-refractivity contribution in [3.8, 4) is 0 Å². The molecule has 20 heavy (non-hydrogen) atoms. The standard InChI is InChI=1S/C20H22/c1-14(2)10-15(3)16-8-9-19-12-17-6-4-5-7-18(17)13-20(19)11-16/h4-9,11-15H,10H2,1-3H3. The highest BCUT2D eigenvalue weighted by Gasteiger charge is 2.08. The zero-order chi connectivity index (χ0) is 14.1. The van der Waals surface area contributed by atoms with E-state index in [1.165, 1.54) is 33.5 Å². The van der Waals surface area contributed by atoms with Gasteiger partial charge in [0.1, 0.15) is 0 Å². The number of rotatable bonds is 3. The van der Waals surface area contributed by atoms with Crippen molar-refractivity contribution < 1.29 is 0 Å². The second-order valence-electron chi connectivity index (χ2n) is 6.34. The van der Waals surface area contributed by atoms with Gasteiger partial charge in [-0.05, 0) is 57.5 Å². The van der Waals surface area contributed by atoms with E-state index in [1.807, 2.05) is 0 Å². The Bertz CT molecular complexity index is 737. The molecule has 3 rings (SSSR count). The number of hydrogen-bond donors (Lipinski definition) is 0. The fourth-order valence-electron chi connectivity index (χ4n) is 3.11. The molecule has 0 heterocycles. The molecule has 1 unspecified atom stereocenters. The molecule has 0 saturated heterocycles. The summed E-state index contributed by atoms with van der Waals surface area (Å²) in [5.74, 6) is 1.38. The average molecular weight is 262 g/mol. The summed E-state index contributed by atoms with van der Waals surface area (Å²) < 4.78 is 0. The van der Waals surface area contributed by atoms with E-state index in [9.17, 15) is 0 Å². The van der Waals surface area contributed by atoms with Gasteiger partial charge < -0.3 is 0 Å². The van der Waals surface area contributed by atoms with Crippen LogP contribution in [0.1, 0.15) is 38.7 Å². The predicted molar refractivity (Wildman–Crippen MR) is 89.3 cm³/mol. The van der Waals surface area contributed by atoms with Gasteiger partial charge in [-0.15, -0.1) is 0 Å². The van der Waals surface area contributed by atoms with Crippen LogP contribution in [-0.4, -0.2) is 0 Å². The Labute approximate surface area is 121 Å². The van der Waals surface area contributed by atoms with Gasteiger partial charge in [0.05, 0.1) is 0 Å². The van der Waals surface area contributed by atoms with Crippen LogP contribution in [0.3, 0.4) is 0 Å². The third-order valence-electron chi connectivity index (χ3n) is 4.12. The molecule has 0 aliphatic heterocycles. The lowest BCUT2D eigenvalue weighted by atomic mass is 9.90. The Morgan fingerprint density at radius 1 is 0.700 bits per heavy atom. The molecule has 0 N–H and O–H groups in total. The highest BCUT2D eigenvalue weighted by atomic mass is 14.1.